The van der Waals surface area contributed by atoms with Gasteiger partial charge in [-0.3, -0.25) is 4.68 Å². The molecule has 0 spiro atoms. The highest BCUT2D eigenvalue weighted by Gasteiger charge is 2.27. The van der Waals surface area contributed by atoms with Crippen molar-refractivity contribution in [2.24, 2.45) is 7.05 Å². The second-order valence-corrected chi connectivity index (χ2v) is 3.94. The number of aromatic nitrogens is 2. The van der Waals surface area contributed by atoms with Crippen molar-refractivity contribution >= 4 is 0 Å². The predicted octanol–water partition coefficient (Wildman–Crippen LogP) is 1.50. The van der Waals surface area contributed by atoms with Crippen LogP contribution in [0.1, 0.15) is 32.0 Å². The van der Waals surface area contributed by atoms with Gasteiger partial charge in [-0.15, -0.1) is 0 Å². The maximum atomic E-state index is 5.53. The van der Waals surface area contributed by atoms with Crippen LogP contribution in [0.15, 0.2) is 6.20 Å². The molecule has 0 radical (unpaired) electrons. The quantitative estimate of drug-likeness (QED) is 0.786. The first-order valence-corrected chi connectivity index (χ1v) is 6.01. The fourth-order valence-corrected chi connectivity index (χ4v) is 2.10. The normalized spacial score (nSPS) is 14.6. The number of rotatable bonds is 7. The van der Waals surface area contributed by atoms with Crippen LogP contribution in [0, 0.1) is 0 Å². The number of hydrogen-bond acceptors (Lipinski definition) is 4. The summed E-state index contributed by atoms with van der Waals surface area (Å²) in [5, 5.41) is 7.67. The number of ether oxygens (including phenoxy) is 2. The van der Waals surface area contributed by atoms with Crippen LogP contribution in [0.4, 0.5) is 0 Å². The van der Waals surface area contributed by atoms with E-state index in [2.05, 4.69) is 24.3 Å². The lowest BCUT2D eigenvalue weighted by molar-refractivity contribution is 0.0622. The Hall–Kier alpha value is -1.07. The number of nitrogens with zero attached hydrogens (tertiary/aromatic N) is 2. The van der Waals surface area contributed by atoms with E-state index in [-0.39, 0.29) is 12.1 Å². The average Bonchev–Trinajstić information content (AvgIpc) is 2.70. The van der Waals surface area contributed by atoms with Crippen LogP contribution in [0.25, 0.3) is 0 Å². The van der Waals surface area contributed by atoms with E-state index in [1.165, 1.54) is 0 Å². The minimum Gasteiger partial charge on any atom is -0.493 e. The fraction of sp³-hybridized carbons (Fsp3) is 0.750. The standard InChI is InChI=1S/C12H23N3O2/c1-6-9(16-4)11(13-7-2)12-10(17-5)8-14-15(12)3/h8-9,11,13H,6-7H2,1-5H3. The van der Waals surface area contributed by atoms with Gasteiger partial charge in [0.15, 0.2) is 5.75 Å². The number of aryl methyl sites for hydroxylation is 1. The predicted molar refractivity (Wildman–Crippen MR) is 67.3 cm³/mol. The SMILES string of the molecule is CCNC(c1c(OC)cnn1C)C(CC)OC. The molecule has 0 bridgehead atoms. The molecule has 1 aromatic rings. The van der Waals surface area contributed by atoms with Gasteiger partial charge in [0.1, 0.15) is 0 Å². The third-order valence-electron chi connectivity index (χ3n) is 2.96. The highest BCUT2D eigenvalue weighted by molar-refractivity contribution is 5.29. The van der Waals surface area contributed by atoms with Crippen LogP contribution in [0.5, 0.6) is 5.75 Å². The molecule has 98 valence electrons. The first-order valence-electron chi connectivity index (χ1n) is 6.01. The molecule has 0 aliphatic rings. The third kappa shape index (κ3) is 2.98. The van der Waals surface area contributed by atoms with Crippen LogP contribution in [0.2, 0.25) is 0 Å². The third-order valence-corrected chi connectivity index (χ3v) is 2.96. The van der Waals surface area contributed by atoms with Gasteiger partial charge < -0.3 is 14.8 Å². The molecule has 0 aliphatic heterocycles. The number of nitrogens with one attached hydrogen (secondary N) is 1. The molecule has 1 rings (SSSR count). The maximum absolute atomic E-state index is 5.53. The van der Waals surface area contributed by atoms with Gasteiger partial charge in [-0.25, -0.2) is 0 Å². The van der Waals surface area contributed by atoms with Gasteiger partial charge in [-0.1, -0.05) is 13.8 Å². The van der Waals surface area contributed by atoms with Gasteiger partial charge in [0, 0.05) is 14.2 Å². The summed E-state index contributed by atoms with van der Waals surface area (Å²) in [6.07, 6.45) is 2.78. The van der Waals surface area contributed by atoms with E-state index >= 15 is 0 Å². The Kier molecular flexibility index (Phi) is 5.44. The topological polar surface area (TPSA) is 48.3 Å². The van der Waals surface area contributed by atoms with E-state index in [4.69, 9.17) is 9.47 Å². The van der Waals surface area contributed by atoms with Gasteiger partial charge in [-0.2, -0.15) is 5.10 Å². The molecule has 0 aromatic carbocycles. The highest BCUT2D eigenvalue weighted by atomic mass is 16.5. The molecule has 17 heavy (non-hydrogen) atoms. The Morgan fingerprint density at radius 3 is 2.59 bits per heavy atom. The van der Waals surface area contributed by atoms with Crippen molar-refractivity contribution < 1.29 is 9.47 Å². The van der Waals surface area contributed by atoms with E-state index in [9.17, 15) is 0 Å². The molecule has 2 unspecified atom stereocenters. The Bertz CT molecular complexity index is 334. The molecule has 0 amide bonds. The van der Waals surface area contributed by atoms with Crippen LogP contribution >= 0.6 is 0 Å². The van der Waals surface area contributed by atoms with Gasteiger partial charge in [0.25, 0.3) is 0 Å². The zero-order valence-electron chi connectivity index (χ0n) is 11.4. The van der Waals surface area contributed by atoms with Crippen LogP contribution < -0.4 is 10.1 Å². The van der Waals surface area contributed by atoms with Crippen LogP contribution in [-0.2, 0) is 11.8 Å². The minimum atomic E-state index is 0.0949. The Morgan fingerprint density at radius 1 is 1.41 bits per heavy atom. The molecule has 1 heterocycles. The van der Waals surface area contributed by atoms with E-state index in [1.807, 2.05) is 11.7 Å². The first kappa shape index (κ1) is 14.0. The van der Waals surface area contributed by atoms with Gasteiger partial charge >= 0.3 is 0 Å². The monoisotopic (exact) mass is 241 g/mol. The lowest BCUT2D eigenvalue weighted by Crippen LogP contribution is -2.34. The smallest absolute Gasteiger partial charge is 0.161 e. The average molecular weight is 241 g/mol. The summed E-state index contributed by atoms with van der Waals surface area (Å²) in [5.41, 5.74) is 1.03. The van der Waals surface area contributed by atoms with Crippen LogP contribution in [0.3, 0.4) is 0 Å². The molecule has 0 aliphatic carbocycles. The molecule has 0 fully saturated rings. The molecule has 1 aromatic heterocycles. The second-order valence-electron chi connectivity index (χ2n) is 3.94. The zero-order valence-corrected chi connectivity index (χ0v) is 11.4. The van der Waals surface area contributed by atoms with Crippen LogP contribution in [-0.4, -0.2) is 36.6 Å². The van der Waals surface area contributed by atoms with E-state index < -0.39 is 0 Å². The van der Waals surface area contributed by atoms with Crippen molar-refractivity contribution in [3.05, 3.63) is 11.9 Å². The van der Waals surface area contributed by atoms with Gasteiger partial charge in [0.05, 0.1) is 31.1 Å². The lowest BCUT2D eigenvalue weighted by Gasteiger charge is -2.26. The Labute approximate surface area is 103 Å². The van der Waals surface area contributed by atoms with Crippen molar-refractivity contribution in [3.63, 3.8) is 0 Å². The number of methoxy groups -OCH3 is 2. The minimum absolute atomic E-state index is 0.0949. The van der Waals surface area contributed by atoms with E-state index in [1.54, 1.807) is 20.4 Å². The van der Waals surface area contributed by atoms with Crippen molar-refractivity contribution in [1.82, 2.24) is 15.1 Å². The van der Waals surface area contributed by atoms with Gasteiger partial charge in [-0.05, 0) is 13.0 Å². The summed E-state index contributed by atoms with van der Waals surface area (Å²) in [7, 11) is 5.32. The molecular formula is C12H23N3O2. The Morgan fingerprint density at radius 2 is 2.12 bits per heavy atom. The largest absolute Gasteiger partial charge is 0.493 e. The summed E-state index contributed by atoms with van der Waals surface area (Å²) in [5.74, 6) is 0.800. The van der Waals surface area contributed by atoms with E-state index in [0.717, 1.165) is 24.4 Å². The molecule has 0 saturated carbocycles. The van der Waals surface area contributed by atoms with Gasteiger partial charge in [0.2, 0.25) is 0 Å². The molecule has 5 heteroatoms. The molecule has 2 atom stereocenters. The highest BCUT2D eigenvalue weighted by Crippen LogP contribution is 2.28. The number of hydrogen-bond donors (Lipinski definition) is 1. The summed E-state index contributed by atoms with van der Waals surface area (Å²) >= 11 is 0. The van der Waals surface area contributed by atoms with E-state index in [0.29, 0.717) is 0 Å². The molecule has 0 saturated heterocycles. The maximum Gasteiger partial charge on any atom is 0.161 e. The Balaban J connectivity index is 3.07. The van der Waals surface area contributed by atoms with Crippen molar-refractivity contribution in [2.75, 3.05) is 20.8 Å². The first-order chi connectivity index (χ1) is 8.19. The summed E-state index contributed by atoms with van der Waals surface area (Å²) in [6.45, 7) is 5.07. The summed E-state index contributed by atoms with van der Waals surface area (Å²) in [6, 6.07) is 0.0949. The second kappa shape index (κ2) is 6.61. The van der Waals surface area contributed by atoms with Crippen molar-refractivity contribution in [3.8, 4) is 5.75 Å². The fourth-order valence-electron chi connectivity index (χ4n) is 2.10. The molecular weight excluding hydrogens is 218 g/mol. The zero-order chi connectivity index (χ0) is 12.8. The molecule has 5 nitrogen and oxygen atoms in total. The van der Waals surface area contributed by atoms with Crippen molar-refractivity contribution in [2.45, 2.75) is 32.4 Å². The number of likely N-dealkylation sites (N-methyl/N-ethyl adjacent to an activating group) is 1. The lowest BCUT2D eigenvalue weighted by atomic mass is 10.0. The van der Waals surface area contributed by atoms with Crippen molar-refractivity contribution in [1.29, 1.82) is 0 Å². The summed E-state index contributed by atoms with van der Waals surface area (Å²) in [4.78, 5) is 0. The summed E-state index contributed by atoms with van der Waals surface area (Å²) < 4.78 is 12.7. The molecule has 1 N–H and O–H groups in total.